The van der Waals surface area contributed by atoms with Crippen molar-refractivity contribution < 1.29 is 0 Å². The first-order chi connectivity index (χ1) is 8.63. The van der Waals surface area contributed by atoms with Crippen molar-refractivity contribution in [3.63, 3.8) is 0 Å². The number of hydrogen-bond donors (Lipinski definition) is 1. The van der Waals surface area contributed by atoms with Crippen LogP contribution in [0.25, 0.3) is 11.3 Å². The zero-order valence-electron chi connectivity index (χ0n) is 10.1. The summed E-state index contributed by atoms with van der Waals surface area (Å²) in [6.45, 7) is 3.86. The number of nitrogens with one attached hydrogen (secondary N) is 1. The summed E-state index contributed by atoms with van der Waals surface area (Å²) in [6, 6.07) is 3.71. The maximum absolute atomic E-state index is 11.8. The van der Waals surface area contributed by atoms with Gasteiger partial charge in [0, 0.05) is 23.5 Å². The number of pyridine rings is 1. The van der Waals surface area contributed by atoms with E-state index in [9.17, 15) is 4.79 Å². The van der Waals surface area contributed by atoms with E-state index in [1.807, 2.05) is 19.9 Å². The number of aromatic nitrogens is 3. The number of nitrogens with zero attached hydrogens (tertiary/aromatic N) is 3. The van der Waals surface area contributed by atoms with Crippen LogP contribution in [0.3, 0.4) is 0 Å². The molecule has 0 aliphatic heterocycles. The van der Waals surface area contributed by atoms with Gasteiger partial charge in [-0.1, -0.05) is 13.8 Å². The highest BCUT2D eigenvalue weighted by Crippen LogP contribution is 2.23. The van der Waals surface area contributed by atoms with Crippen LogP contribution < -0.4 is 5.56 Å². The molecule has 0 aliphatic rings. The van der Waals surface area contributed by atoms with Crippen molar-refractivity contribution in [3.8, 4) is 17.3 Å². The molecule has 0 aromatic carbocycles. The lowest BCUT2D eigenvalue weighted by atomic mass is 9.99. The molecule has 1 N–H and O–H groups in total. The molecule has 2 heterocycles. The monoisotopic (exact) mass is 240 g/mol. The van der Waals surface area contributed by atoms with Gasteiger partial charge in [-0.15, -0.1) is 0 Å². The second-order valence-electron chi connectivity index (χ2n) is 4.22. The highest BCUT2D eigenvalue weighted by atomic mass is 16.1. The summed E-state index contributed by atoms with van der Waals surface area (Å²) < 4.78 is 0. The van der Waals surface area contributed by atoms with Gasteiger partial charge >= 0.3 is 0 Å². The summed E-state index contributed by atoms with van der Waals surface area (Å²) in [6.07, 6.45) is 4.45. The molecular formula is C13H12N4O. The summed E-state index contributed by atoms with van der Waals surface area (Å²) in [5.74, 6) is 0.0446. The third-order valence-corrected chi connectivity index (χ3v) is 2.61. The fraction of sp³-hybridized carbons (Fsp3) is 0.231. The zero-order chi connectivity index (χ0) is 13.1. The minimum absolute atomic E-state index is 0.0446. The minimum atomic E-state index is -0.155. The van der Waals surface area contributed by atoms with E-state index < -0.39 is 0 Å². The van der Waals surface area contributed by atoms with Crippen LogP contribution in [0.15, 0.2) is 29.6 Å². The normalized spacial score (nSPS) is 10.3. The molecule has 2 aromatic heterocycles. The Bertz CT molecular complexity index is 667. The topological polar surface area (TPSA) is 82.4 Å². The van der Waals surface area contributed by atoms with Gasteiger partial charge < -0.3 is 4.98 Å². The molecule has 90 valence electrons. The molecule has 18 heavy (non-hydrogen) atoms. The van der Waals surface area contributed by atoms with Gasteiger partial charge in [0.05, 0.1) is 17.6 Å². The van der Waals surface area contributed by atoms with Gasteiger partial charge in [0.2, 0.25) is 0 Å². The maximum atomic E-state index is 11.8. The summed E-state index contributed by atoms with van der Waals surface area (Å²) in [4.78, 5) is 22.6. The quantitative estimate of drug-likeness (QED) is 0.868. The molecule has 0 aliphatic carbocycles. The maximum Gasteiger partial charge on any atom is 0.254 e. The molecule has 0 fully saturated rings. The molecule has 0 saturated carbocycles. The number of H-pyrrole nitrogens is 1. The first-order valence-electron chi connectivity index (χ1n) is 5.56. The molecular weight excluding hydrogens is 228 g/mol. The van der Waals surface area contributed by atoms with Crippen LogP contribution in [0, 0.1) is 11.3 Å². The third kappa shape index (κ3) is 2.13. The summed E-state index contributed by atoms with van der Waals surface area (Å²) in [5.41, 5.74) is 2.17. The van der Waals surface area contributed by atoms with Gasteiger partial charge in [-0.05, 0) is 12.0 Å². The van der Waals surface area contributed by atoms with Crippen molar-refractivity contribution in [2.24, 2.45) is 0 Å². The molecule has 0 atom stereocenters. The molecule has 0 saturated heterocycles. The van der Waals surface area contributed by atoms with Crippen LogP contribution >= 0.6 is 0 Å². The highest BCUT2D eigenvalue weighted by Gasteiger charge is 2.14. The Morgan fingerprint density at radius 2 is 2.17 bits per heavy atom. The van der Waals surface area contributed by atoms with Crippen molar-refractivity contribution in [3.05, 3.63) is 46.3 Å². The van der Waals surface area contributed by atoms with Crippen LogP contribution in [0.4, 0.5) is 0 Å². The van der Waals surface area contributed by atoms with Crippen molar-refractivity contribution in [2.45, 2.75) is 19.8 Å². The Morgan fingerprint density at radius 3 is 2.83 bits per heavy atom. The molecule has 5 heteroatoms. The first-order valence-corrected chi connectivity index (χ1v) is 5.56. The molecule has 2 aromatic rings. The largest absolute Gasteiger partial charge is 0.313 e. The van der Waals surface area contributed by atoms with Crippen molar-refractivity contribution >= 4 is 0 Å². The lowest BCUT2D eigenvalue weighted by molar-refractivity contribution is 0.833. The number of hydrogen-bond acceptors (Lipinski definition) is 4. The van der Waals surface area contributed by atoms with Gasteiger partial charge in [-0.3, -0.25) is 9.78 Å². The molecule has 5 nitrogen and oxygen atoms in total. The second-order valence-corrected chi connectivity index (χ2v) is 4.22. The van der Waals surface area contributed by atoms with Gasteiger partial charge in [0.25, 0.3) is 5.56 Å². The van der Waals surface area contributed by atoms with E-state index in [1.165, 1.54) is 12.5 Å². The van der Waals surface area contributed by atoms with E-state index in [1.54, 1.807) is 12.3 Å². The van der Waals surface area contributed by atoms with E-state index in [0.717, 1.165) is 0 Å². The SMILES string of the molecule is CC(C)c1c(-c2cncc(C#N)c2)nc[nH]c1=O. The van der Waals surface area contributed by atoms with Crippen LogP contribution in [0.5, 0.6) is 0 Å². The predicted molar refractivity (Wildman–Crippen MR) is 66.9 cm³/mol. The smallest absolute Gasteiger partial charge is 0.254 e. The van der Waals surface area contributed by atoms with Gasteiger partial charge in [0.1, 0.15) is 6.07 Å². The molecule has 0 spiro atoms. The Balaban J connectivity index is 2.68. The van der Waals surface area contributed by atoms with E-state index in [0.29, 0.717) is 22.4 Å². The fourth-order valence-corrected chi connectivity index (χ4v) is 1.81. The van der Waals surface area contributed by atoms with Crippen molar-refractivity contribution in [1.29, 1.82) is 5.26 Å². The third-order valence-electron chi connectivity index (χ3n) is 2.61. The molecule has 2 rings (SSSR count). The lowest BCUT2D eigenvalue weighted by Gasteiger charge is -2.09. The van der Waals surface area contributed by atoms with Crippen LogP contribution in [-0.4, -0.2) is 15.0 Å². The molecule has 0 radical (unpaired) electrons. The van der Waals surface area contributed by atoms with Crippen LogP contribution in [0.2, 0.25) is 0 Å². The van der Waals surface area contributed by atoms with Gasteiger partial charge in [-0.25, -0.2) is 4.98 Å². The van der Waals surface area contributed by atoms with Crippen molar-refractivity contribution in [2.75, 3.05) is 0 Å². The van der Waals surface area contributed by atoms with E-state index in [-0.39, 0.29) is 11.5 Å². The zero-order valence-corrected chi connectivity index (χ0v) is 10.1. The summed E-state index contributed by atoms with van der Waals surface area (Å²) >= 11 is 0. The number of nitriles is 1. The van der Waals surface area contributed by atoms with Crippen LogP contribution in [0.1, 0.15) is 30.9 Å². The number of rotatable bonds is 2. The lowest BCUT2D eigenvalue weighted by Crippen LogP contribution is -2.16. The summed E-state index contributed by atoms with van der Waals surface area (Å²) in [7, 11) is 0. The van der Waals surface area contributed by atoms with Gasteiger partial charge in [0.15, 0.2) is 0 Å². The predicted octanol–water partition coefficient (Wildman–Crippen LogP) is 1.83. The number of aromatic amines is 1. The van der Waals surface area contributed by atoms with Crippen molar-refractivity contribution in [1.82, 2.24) is 15.0 Å². The average molecular weight is 240 g/mol. The molecule has 0 amide bonds. The van der Waals surface area contributed by atoms with E-state index in [2.05, 4.69) is 15.0 Å². The van der Waals surface area contributed by atoms with Gasteiger partial charge in [-0.2, -0.15) is 5.26 Å². The Morgan fingerprint density at radius 1 is 1.39 bits per heavy atom. The average Bonchev–Trinajstić information content (AvgIpc) is 2.38. The van der Waals surface area contributed by atoms with E-state index >= 15 is 0 Å². The highest BCUT2D eigenvalue weighted by molar-refractivity contribution is 5.63. The fourth-order valence-electron chi connectivity index (χ4n) is 1.81. The summed E-state index contributed by atoms with van der Waals surface area (Å²) in [5, 5.41) is 8.86. The molecule has 0 unspecified atom stereocenters. The Labute approximate surface area is 104 Å². The Hall–Kier alpha value is -2.48. The first kappa shape index (κ1) is 12.0. The standard InChI is InChI=1S/C13H12N4O/c1-8(2)11-12(16-7-17-13(11)18)10-3-9(4-14)5-15-6-10/h3,5-8H,1-2H3,(H,16,17,18). The van der Waals surface area contributed by atoms with E-state index in [4.69, 9.17) is 5.26 Å². The van der Waals surface area contributed by atoms with Crippen LogP contribution in [-0.2, 0) is 0 Å². The Kier molecular flexibility index (Phi) is 3.20. The minimum Gasteiger partial charge on any atom is -0.313 e. The molecule has 0 bridgehead atoms. The second kappa shape index (κ2) is 4.80.